The van der Waals surface area contributed by atoms with Gasteiger partial charge in [-0.1, -0.05) is 18.1 Å². The average Bonchev–Trinajstić information content (AvgIpc) is 2.70. The monoisotopic (exact) mass is 384 g/mol. The third-order valence-corrected chi connectivity index (χ3v) is 3.81. The van der Waals surface area contributed by atoms with Crippen molar-refractivity contribution in [3.8, 4) is 18.1 Å². The molecule has 0 spiro atoms. The fourth-order valence-corrected chi connectivity index (χ4v) is 2.46. The lowest BCUT2D eigenvalue weighted by molar-refractivity contribution is -0.111. The van der Waals surface area contributed by atoms with E-state index in [0.29, 0.717) is 11.3 Å². The third-order valence-electron chi connectivity index (χ3n) is 3.81. The van der Waals surface area contributed by atoms with Gasteiger partial charge in [0.2, 0.25) is 5.91 Å². The number of methoxy groups -OCH3 is 1. The fourth-order valence-electron chi connectivity index (χ4n) is 2.46. The van der Waals surface area contributed by atoms with E-state index in [1.165, 1.54) is 19.3 Å². The van der Waals surface area contributed by atoms with E-state index in [2.05, 4.69) is 11.2 Å². The van der Waals surface area contributed by atoms with Crippen LogP contribution in [0.5, 0.6) is 5.75 Å². The number of nitrogens with one attached hydrogen (secondary N) is 1. The molecule has 9 nitrogen and oxygen atoms in total. The van der Waals surface area contributed by atoms with Crippen LogP contribution in [0.15, 0.2) is 39.9 Å². The van der Waals surface area contributed by atoms with E-state index in [4.69, 9.17) is 22.0 Å². The van der Waals surface area contributed by atoms with Crippen LogP contribution >= 0.6 is 0 Å². The summed E-state index contributed by atoms with van der Waals surface area (Å²) in [6.07, 6.45) is 7.93. The Labute approximate surface area is 160 Å². The van der Waals surface area contributed by atoms with Gasteiger partial charge in [-0.2, -0.15) is 0 Å². The van der Waals surface area contributed by atoms with Crippen LogP contribution in [0.3, 0.4) is 0 Å². The molecular formula is C19H20N4O5. The summed E-state index contributed by atoms with van der Waals surface area (Å²) in [5, 5.41) is 11.5. The molecule has 2 rings (SSSR count). The highest BCUT2D eigenvalue weighted by Crippen LogP contribution is 2.14. The molecule has 1 aromatic carbocycles. The van der Waals surface area contributed by atoms with Crippen molar-refractivity contribution in [3.05, 3.63) is 56.7 Å². The van der Waals surface area contributed by atoms with Gasteiger partial charge >= 0.3 is 5.69 Å². The predicted octanol–water partition coefficient (Wildman–Crippen LogP) is -0.122. The minimum absolute atomic E-state index is 0.155. The zero-order valence-electron chi connectivity index (χ0n) is 15.2. The van der Waals surface area contributed by atoms with E-state index in [-0.39, 0.29) is 31.2 Å². The molecule has 0 unspecified atom stereocenters. The van der Waals surface area contributed by atoms with Gasteiger partial charge in [-0.15, -0.1) is 6.42 Å². The van der Waals surface area contributed by atoms with Crippen molar-refractivity contribution in [2.45, 2.75) is 13.1 Å². The number of aliphatic hydroxyl groups excluding tert-OH is 1. The summed E-state index contributed by atoms with van der Waals surface area (Å²) in [4.78, 5) is 37.1. The third kappa shape index (κ3) is 4.49. The molecule has 0 radical (unpaired) electrons. The molecule has 0 saturated carbocycles. The van der Waals surface area contributed by atoms with Crippen molar-refractivity contribution in [1.82, 2.24) is 9.13 Å². The summed E-state index contributed by atoms with van der Waals surface area (Å²) < 4.78 is 6.84. The van der Waals surface area contributed by atoms with E-state index in [0.717, 1.165) is 9.13 Å². The molecule has 0 aliphatic carbocycles. The molecule has 28 heavy (non-hydrogen) atoms. The molecule has 0 aliphatic heterocycles. The standard InChI is InChI=1S/C19H20N4O5/c1-3-9-23-18(26)16(17(20)22(10-11-24)19(23)27)21-15(25)8-7-13-5-4-6-14(12-13)28-2/h1,4-8,12,24H,9-11,20H2,2H3,(H,21,25)/b8-7+. The van der Waals surface area contributed by atoms with E-state index in [9.17, 15) is 14.4 Å². The largest absolute Gasteiger partial charge is 0.497 e. The number of aromatic nitrogens is 2. The Kier molecular flexibility index (Phi) is 6.79. The molecule has 1 aromatic heterocycles. The number of nitrogen functional groups attached to an aromatic ring is 1. The number of terminal acetylenes is 1. The second-order valence-electron chi connectivity index (χ2n) is 5.61. The van der Waals surface area contributed by atoms with Crippen LogP contribution < -0.4 is 27.0 Å². The molecule has 4 N–H and O–H groups in total. The summed E-state index contributed by atoms with van der Waals surface area (Å²) in [7, 11) is 1.53. The van der Waals surface area contributed by atoms with E-state index in [1.807, 2.05) is 0 Å². The molecule has 0 fully saturated rings. The first-order valence-electron chi connectivity index (χ1n) is 8.23. The lowest BCUT2D eigenvalue weighted by Crippen LogP contribution is -2.43. The SMILES string of the molecule is C#CCn1c(=O)c(NC(=O)/C=C/c2cccc(OC)c2)c(N)n(CCO)c1=O. The number of nitrogens with two attached hydrogens (primary N) is 1. The number of nitrogens with zero attached hydrogens (tertiary/aromatic N) is 2. The Balaban J connectivity index is 2.37. The highest BCUT2D eigenvalue weighted by Gasteiger charge is 2.17. The van der Waals surface area contributed by atoms with Crippen LogP contribution in [0.4, 0.5) is 11.5 Å². The smallest absolute Gasteiger partial charge is 0.333 e. The Morgan fingerprint density at radius 2 is 2.14 bits per heavy atom. The summed E-state index contributed by atoms with van der Waals surface area (Å²) in [6.45, 7) is -0.842. The number of carbonyl (C=O) groups excluding carboxylic acids is 1. The van der Waals surface area contributed by atoms with Crippen molar-refractivity contribution >= 4 is 23.5 Å². The maximum atomic E-state index is 12.5. The number of carbonyl (C=O) groups is 1. The number of aliphatic hydroxyl groups is 1. The normalized spacial score (nSPS) is 10.6. The highest BCUT2D eigenvalue weighted by molar-refractivity contribution is 6.03. The van der Waals surface area contributed by atoms with Crippen molar-refractivity contribution in [1.29, 1.82) is 0 Å². The van der Waals surface area contributed by atoms with Gasteiger partial charge in [0.1, 0.15) is 17.3 Å². The van der Waals surface area contributed by atoms with Crippen LogP contribution in [0.1, 0.15) is 5.56 Å². The van der Waals surface area contributed by atoms with Gasteiger partial charge < -0.3 is 20.9 Å². The van der Waals surface area contributed by atoms with E-state index < -0.39 is 17.2 Å². The Hall–Kier alpha value is -3.77. The lowest BCUT2D eigenvalue weighted by Gasteiger charge is -2.15. The van der Waals surface area contributed by atoms with Gasteiger partial charge in [-0.3, -0.25) is 14.2 Å². The summed E-state index contributed by atoms with van der Waals surface area (Å²) >= 11 is 0. The lowest BCUT2D eigenvalue weighted by atomic mass is 10.2. The molecule has 0 atom stereocenters. The molecule has 0 saturated heterocycles. The number of ether oxygens (including phenoxy) is 1. The van der Waals surface area contributed by atoms with Gasteiger partial charge in [-0.25, -0.2) is 9.36 Å². The van der Waals surface area contributed by atoms with E-state index in [1.54, 1.807) is 24.3 Å². The Morgan fingerprint density at radius 1 is 1.39 bits per heavy atom. The van der Waals surface area contributed by atoms with Crippen molar-refractivity contribution in [2.24, 2.45) is 0 Å². The average molecular weight is 384 g/mol. The predicted molar refractivity (Wildman–Crippen MR) is 106 cm³/mol. The molecule has 146 valence electrons. The van der Waals surface area contributed by atoms with E-state index >= 15 is 0 Å². The molecule has 9 heteroatoms. The first-order chi connectivity index (χ1) is 13.4. The molecule has 0 bridgehead atoms. The van der Waals surface area contributed by atoms with Gasteiger partial charge in [-0.05, 0) is 23.8 Å². The van der Waals surface area contributed by atoms with Crippen LogP contribution in [0, 0.1) is 12.3 Å². The van der Waals surface area contributed by atoms with Gasteiger partial charge in [0, 0.05) is 6.08 Å². The minimum atomic E-state index is -0.822. The van der Waals surface area contributed by atoms with Gasteiger partial charge in [0.15, 0.2) is 0 Å². The van der Waals surface area contributed by atoms with Crippen molar-refractivity contribution < 1.29 is 14.6 Å². The first kappa shape index (κ1) is 20.5. The molecule has 2 aromatic rings. The summed E-state index contributed by atoms with van der Waals surface area (Å²) in [6, 6.07) is 7.01. The quantitative estimate of drug-likeness (QED) is 0.451. The number of amides is 1. The van der Waals surface area contributed by atoms with Crippen LogP contribution in [0.25, 0.3) is 6.08 Å². The van der Waals surface area contributed by atoms with Gasteiger partial charge in [0.25, 0.3) is 5.56 Å². The Bertz CT molecular complexity index is 1060. The van der Waals surface area contributed by atoms with Crippen molar-refractivity contribution in [2.75, 3.05) is 24.8 Å². The maximum absolute atomic E-state index is 12.5. The van der Waals surface area contributed by atoms with Gasteiger partial charge in [0.05, 0.1) is 26.8 Å². The zero-order valence-corrected chi connectivity index (χ0v) is 15.2. The number of hydrogen-bond acceptors (Lipinski definition) is 6. The number of anilines is 2. The summed E-state index contributed by atoms with van der Waals surface area (Å²) in [5.41, 5.74) is 4.69. The topological polar surface area (TPSA) is 129 Å². The molecule has 0 aliphatic rings. The van der Waals surface area contributed by atoms with Crippen LogP contribution in [0.2, 0.25) is 0 Å². The summed E-state index contributed by atoms with van der Waals surface area (Å²) in [5.74, 6) is 1.93. The molecule has 1 heterocycles. The number of hydrogen-bond donors (Lipinski definition) is 3. The minimum Gasteiger partial charge on any atom is -0.497 e. The molecule has 1 amide bonds. The van der Waals surface area contributed by atoms with Crippen LogP contribution in [-0.4, -0.2) is 33.9 Å². The number of benzene rings is 1. The fraction of sp³-hybridized carbons (Fsp3) is 0.211. The van der Waals surface area contributed by atoms with Crippen LogP contribution in [-0.2, 0) is 17.9 Å². The molecular weight excluding hydrogens is 364 g/mol. The second kappa shape index (κ2) is 9.25. The van der Waals surface area contributed by atoms with Crippen molar-refractivity contribution in [3.63, 3.8) is 0 Å². The first-order valence-corrected chi connectivity index (χ1v) is 8.23. The second-order valence-corrected chi connectivity index (χ2v) is 5.61. The maximum Gasteiger partial charge on any atom is 0.333 e. The highest BCUT2D eigenvalue weighted by atomic mass is 16.5. The Morgan fingerprint density at radius 3 is 2.79 bits per heavy atom. The zero-order chi connectivity index (χ0) is 20.7. The number of rotatable bonds is 7.